The van der Waals surface area contributed by atoms with Crippen molar-refractivity contribution in [3.05, 3.63) is 35.2 Å². The molecule has 2 rings (SSSR count). The fraction of sp³-hybridized carbons (Fsp3) is 0.400. The van der Waals surface area contributed by atoms with Gasteiger partial charge in [0.2, 0.25) is 11.8 Å². The molecule has 0 aliphatic rings. The van der Waals surface area contributed by atoms with Crippen molar-refractivity contribution in [1.82, 2.24) is 15.6 Å². The minimum atomic E-state index is -0.526. The quantitative estimate of drug-likeness (QED) is 0.419. The molecule has 4 amide bonds. The minimum Gasteiger partial charge on any atom is -0.356 e. The number of amides is 4. The van der Waals surface area contributed by atoms with Gasteiger partial charge in [0.05, 0.1) is 5.69 Å². The molecule has 8 nitrogen and oxygen atoms in total. The third kappa shape index (κ3) is 8.73. The second-order valence-electron chi connectivity index (χ2n) is 6.62. The molecule has 0 saturated heterocycles. The number of thiazole rings is 1. The molecule has 2 aromatic rings. The summed E-state index contributed by atoms with van der Waals surface area (Å²) in [4.78, 5) is 38.0. The first kappa shape index (κ1) is 22.4. The van der Waals surface area contributed by atoms with Crippen LogP contribution in [0.1, 0.15) is 38.2 Å². The maximum Gasteiger partial charge on any atom is 0.312 e. The summed E-state index contributed by atoms with van der Waals surface area (Å²) in [6, 6.07) is 7.49. The van der Waals surface area contributed by atoms with Crippen molar-refractivity contribution in [3.63, 3.8) is 0 Å². The number of nitrogens with one attached hydrogen (secondary N) is 3. The number of primary amides is 1. The second kappa shape index (κ2) is 11.8. The summed E-state index contributed by atoms with van der Waals surface area (Å²) in [5, 5.41) is 10.6. The predicted molar refractivity (Wildman–Crippen MR) is 115 cm³/mol. The lowest BCUT2D eigenvalue weighted by atomic mass is 10.1. The Balaban J connectivity index is 1.74. The second-order valence-corrected chi connectivity index (χ2v) is 7.48. The van der Waals surface area contributed by atoms with Crippen molar-refractivity contribution in [3.8, 4) is 11.3 Å². The zero-order valence-corrected chi connectivity index (χ0v) is 17.3. The fourth-order valence-corrected chi connectivity index (χ4v) is 3.41. The molecule has 0 saturated carbocycles. The average Bonchev–Trinajstić information content (AvgIpc) is 3.13. The molecule has 5 N–H and O–H groups in total. The van der Waals surface area contributed by atoms with Crippen LogP contribution >= 0.6 is 11.3 Å². The number of hydrogen-bond acceptors (Lipinski definition) is 5. The Morgan fingerprint density at radius 1 is 1.03 bits per heavy atom. The zero-order valence-electron chi connectivity index (χ0n) is 16.5. The molecular weight excluding hydrogens is 390 g/mol. The van der Waals surface area contributed by atoms with Crippen LogP contribution in [0, 0.1) is 0 Å². The molecule has 0 aliphatic carbocycles. The Hall–Kier alpha value is -2.94. The Kier molecular flexibility index (Phi) is 9.10. The van der Waals surface area contributed by atoms with Crippen LogP contribution < -0.4 is 21.7 Å². The number of unbranched alkanes of at least 4 members (excludes halogenated alkanes) is 2. The summed E-state index contributed by atoms with van der Waals surface area (Å²) in [7, 11) is 0. The topological polar surface area (TPSA) is 126 Å². The van der Waals surface area contributed by atoms with Crippen LogP contribution in [0.15, 0.2) is 29.6 Å². The van der Waals surface area contributed by atoms with E-state index in [4.69, 9.17) is 5.73 Å². The first-order valence-electron chi connectivity index (χ1n) is 9.56. The highest BCUT2D eigenvalue weighted by atomic mass is 32.1. The van der Waals surface area contributed by atoms with Crippen molar-refractivity contribution in [1.29, 1.82) is 0 Å². The number of carbonyl (C=O) groups is 3. The van der Waals surface area contributed by atoms with Crippen LogP contribution in [0.3, 0.4) is 0 Å². The molecule has 156 valence electrons. The van der Waals surface area contributed by atoms with Crippen molar-refractivity contribution in [2.45, 2.75) is 39.0 Å². The number of nitrogens with two attached hydrogens (primary N) is 1. The molecule has 0 bridgehead atoms. The third-order valence-corrected chi connectivity index (χ3v) is 4.93. The summed E-state index contributed by atoms with van der Waals surface area (Å²) in [5.74, 6) is -0.0964. The SMILES string of the molecule is CC(=O)NCCc1ccc(-c2csc(NC(=O)CCCCCNC(N)=O)n2)cc1. The van der Waals surface area contributed by atoms with Crippen LogP contribution in [0.5, 0.6) is 0 Å². The van der Waals surface area contributed by atoms with Gasteiger partial charge in [-0.2, -0.15) is 0 Å². The van der Waals surface area contributed by atoms with Gasteiger partial charge in [-0.05, 0) is 24.8 Å². The van der Waals surface area contributed by atoms with E-state index < -0.39 is 6.03 Å². The number of nitrogens with zero attached hydrogens (tertiary/aromatic N) is 1. The number of anilines is 1. The largest absolute Gasteiger partial charge is 0.356 e. The lowest BCUT2D eigenvalue weighted by Crippen LogP contribution is -2.29. The molecule has 0 fully saturated rings. The lowest BCUT2D eigenvalue weighted by Gasteiger charge is -2.04. The van der Waals surface area contributed by atoms with E-state index in [2.05, 4.69) is 20.9 Å². The normalized spacial score (nSPS) is 10.4. The van der Waals surface area contributed by atoms with Crippen LogP contribution in [0.25, 0.3) is 11.3 Å². The van der Waals surface area contributed by atoms with Gasteiger partial charge in [0, 0.05) is 37.4 Å². The first-order valence-corrected chi connectivity index (χ1v) is 10.4. The smallest absolute Gasteiger partial charge is 0.312 e. The molecule has 0 unspecified atom stereocenters. The van der Waals surface area contributed by atoms with Crippen LogP contribution in [0.4, 0.5) is 9.93 Å². The highest BCUT2D eigenvalue weighted by Crippen LogP contribution is 2.25. The summed E-state index contributed by atoms with van der Waals surface area (Å²) in [6.07, 6.45) is 3.55. The Labute approximate surface area is 174 Å². The standard InChI is InChI=1S/C20H27N5O3S/c1-14(26)22-12-10-15-6-8-16(9-7-15)17-13-29-20(24-17)25-18(27)5-3-2-4-11-23-19(21)28/h6-9,13H,2-5,10-12H2,1H3,(H,22,26)(H3,21,23,28)(H,24,25,27). The van der Waals surface area contributed by atoms with Gasteiger partial charge in [-0.15, -0.1) is 11.3 Å². The highest BCUT2D eigenvalue weighted by Gasteiger charge is 2.08. The van der Waals surface area contributed by atoms with Crippen molar-refractivity contribution < 1.29 is 14.4 Å². The molecular formula is C20H27N5O3S. The number of aromatic nitrogens is 1. The van der Waals surface area contributed by atoms with Gasteiger partial charge in [0.25, 0.3) is 0 Å². The number of carbonyl (C=O) groups excluding carboxylic acids is 3. The lowest BCUT2D eigenvalue weighted by molar-refractivity contribution is -0.119. The number of urea groups is 1. The molecule has 0 radical (unpaired) electrons. The van der Waals surface area contributed by atoms with Gasteiger partial charge >= 0.3 is 6.03 Å². The molecule has 1 aromatic carbocycles. The first-order chi connectivity index (χ1) is 13.9. The Bertz CT molecular complexity index is 820. The molecule has 0 atom stereocenters. The monoisotopic (exact) mass is 417 g/mol. The van der Waals surface area contributed by atoms with Crippen molar-refractivity contribution in [2.75, 3.05) is 18.4 Å². The molecule has 1 aromatic heterocycles. The maximum atomic E-state index is 12.0. The minimum absolute atomic E-state index is 0.0289. The van der Waals surface area contributed by atoms with E-state index in [1.165, 1.54) is 18.3 Å². The van der Waals surface area contributed by atoms with E-state index in [0.717, 1.165) is 42.5 Å². The highest BCUT2D eigenvalue weighted by molar-refractivity contribution is 7.14. The summed E-state index contributed by atoms with van der Waals surface area (Å²) in [5.41, 5.74) is 7.92. The van der Waals surface area contributed by atoms with Gasteiger partial charge in [-0.1, -0.05) is 30.7 Å². The van der Waals surface area contributed by atoms with Gasteiger partial charge in [-0.25, -0.2) is 9.78 Å². The van der Waals surface area contributed by atoms with Crippen LogP contribution in [0.2, 0.25) is 0 Å². The summed E-state index contributed by atoms with van der Waals surface area (Å²) >= 11 is 1.39. The van der Waals surface area contributed by atoms with Crippen molar-refractivity contribution in [2.24, 2.45) is 5.73 Å². The molecule has 0 aliphatic heterocycles. The van der Waals surface area contributed by atoms with E-state index >= 15 is 0 Å². The van der Waals surface area contributed by atoms with E-state index in [1.807, 2.05) is 29.6 Å². The van der Waals surface area contributed by atoms with E-state index in [9.17, 15) is 14.4 Å². The predicted octanol–water partition coefficient (Wildman–Crippen LogP) is 2.66. The summed E-state index contributed by atoms with van der Waals surface area (Å²) in [6.45, 7) is 2.65. The fourth-order valence-electron chi connectivity index (χ4n) is 2.67. The van der Waals surface area contributed by atoms with Crippen LogP contribution in [-0.4, -0.2) is 35.9 Å². The van der Waals surface area contributed by atoms with Gasteiger partial charge in [0.1, 0.15) is 0 Å². The number of benzene rings is 1. The zero-order chi connectivity index (χ0) is 21.1. The van der Waals surface area contributed by atoms with Crippen molar-refractivity contribution >= 4 is 34.3 Å². The Morgan fingerprint density at radius 3 is 2.48 bits per heavy atom. The summed E-state index contributed by atoms with van der Waals surface area (Å²) < 4.78 is 0. The van der Waals surface area contributed by atoms with E-state index in [-0.39, 0.29) is 11.8 Å². The van der Waals surface area contributed by atoms with E-state index in [0.29, 0.717) is 24.6 Å². The van der Waals surface area contributed by atoms with Gasteiger partial charge in [-0.3, -0.25) is 9.59 Å². The third-order valence-electron chi connectivity index (χ3n) is 4.17. The van der Waals surface area contributed by atoms with Gasteiger partial charge in [0.15, 0.2) is 5.13 Å². The van der Waals surface area contributed by atoms with E-state index in [1.54, 1.807) is 0 Å². The Morgan fingerprint density at radius 2 is 1.79 bits per heavy atom. The molecule has 29 heavy (non-hydrogen) atoms. The molecule has 9 heteroatoms. The number of rotatable bonds is 11. The maximum absolute atomic E-state index is 12.0. The van der Waals surface area contributed by atoms with Gasteiger partial charge < -0.3 is 21.7 Å². The number of hydrogen-bond donors (Lipinski definition) is 4. The molecule has 1 heterocycles. The molecule has 0 spiro atoms. The van der Waals surface area contributed by atoms with Crippen LogP contribution in [-0.2, 0) is 16.0 Å². The average molecular weight is 418 g/mol.